The maximum Gasteiger partial charge on any atom is 0.181 e. The van der Waals surface area contributed by atoms with Gasteiger partial charge in [0.2, 0.25) is 0 Å². The lowest BCUT2D eigenvalue weighted by molar-refractivity contribution is 0.415. The number of nitrogens with zero attached hydrogens (tertiary/aromatic N) is 2. The van der Waals surface area contributed by atoms with E-state index in [2.05, 4.69) is 20.5 Å². The topological polar surface area (TPSA) is 62.8 Å². The summed E-state index contributed by atoms with van der Waals surface area (Å²) in [6, 6.07) is 15.2. The van der Waals surface area contributed by atoms with Crippen LogP contribution in [0.25, 0.3) is 11.4 Å². The van der Waals surface area contributed by atoms with Crippen molar-refractivity contribution < 1.29 is 4.74 Å². The number of aromatic amines is 1. The van der Waals surface area contributed by atoms with E-state index in [1.807, 2.05) is 48.5 Å². The Kier molecular flexibility index (Phi) is 4.25. The molecule has 3 aromatic rings. The second-order valence-corrected chi connectivity index (χ2v) is 5.13. The van der Waals surface area contributed by atoms with Gasteiger partial charge < -0.3 is 10.1 Å². The van der Waals surface area contributed by atoms with Gasteiger partial charge in [0.05, 0.1) is 13.7 Å². The van der Waals surface area contributed by atoms with Crippen molar-refractivity contribution in [1.29, 1.82) is 0 Å². The molecule has 0 spiro atoms. The first-order chi connectivity index (χ1) is 10.7. The van der Waals surface area contributed by atoms with Gasteiger partial charge in [0.15, 0.2) is 5.82 Å². The van der Waals surface area contributed by atoms with Gasteiger partial charge in [0.1, 0.15) is 11.6 Å². The Balaban J connectivity index is 1.69. The quantitative estimate of drug-likeness (QED) is 0.753. The first-order valence-electron chi connectivity index (χ1n) is 6.80. The lowest BCUT2D eigenvalue weighted by Gasteiger charge is -2.03. The Morgan fingerprint density at radius 3 is 2.77 bits per heavy atom. The molecule has 0 saturated heterocycles. The highest BCUT2D eigenvalue weighted by Gasteiger charge is 2.06. The van der Waals surface area contributed by atoms with Crippen molar-refractivity contribution in [2.24, 2.45) is 0 Å². The van der Waals surface area contributed by atoms with Crippen molar-refractivity contribution in [2.75, 3.05) is 12.4 Å². The molecule has 0 saturated carbocycles. The molecule has 1 heterocycles. The third-order valence-electron chi connectivity index (χ3n) is 3.16. The smallest absolute Gasteiger partial charge is 0.181 e. The van der Waals surface area contributed by atoms with Gasteiger partial charge in [0.25, 0.3) is 0 Å². The fourth-order valence-corrected chi connectivity index (χ4v) is 2.15. The van der Waals surface area contributed by atoms with Gasteiger partial charge in [-0.25, -0.2) is 4.98 Å². The van der Waals surface area contributed by atoms with Crippen LogP contribution < -0.4 is 10.1 Å². The molecule has 2 N–H and O–H groups in total. The van der Waals surface area contributed by atoms with Crippen LogP contribution in [0, 0.1) is 0 Å². The van der Waals surface area contributed by atoms with Gasteiger partial charge in [-0.3, -0.25) is 5.10 Å². The molecule has 1 aromatic heterocycles. The van der Waals surface area contributed by atoms with Crippen molar-refractivity contribution in [3.63, 3.8) is 0 Å². The largest absolute Gasteiger partial charge is 0.497 e. The molecule has 2 aromatic carbocycles. The second-order valence-electron chi connectivity index (χ2n) is 4.70. The lowest BCUT2D eigenvalue weighted by atomic mass is 10.2. The highest BCUT2D eigenvalue weighted by atomic mass is 35.5. The molecule has 0 aliphatic rings. The number of methoxy groups -OCH3 is 1. The van der Waals surface area contributed by atoms with Crippen LogP contribution >= 0.6 is 11.6 Å². The van der Waals surface area contributed by atoms with Crippen LogP contribution in [0.2, 0.25) is 5.02 Å². The summed E-state index contributed by atoms with van der Waals surface area (Å²) < 4.78 is 5.21. The maximum absolute atomic E-state index is 5.86. The average molecular weight is 315 g/mol. The fraction of sp³-hybridized carbons (Fsp3) is 0.125. The van der Waals surface area contributed by atoms with E-state index < -0.39 is 0 Å². The summed E-state index contributed by atoms with van der Waals surface area (Å²) in [4.78, 5) is 4.48. The highest BCUT2D eigenvalue weighted by Crippen LogP contribution is 2.20. The first kappa shape index (κ1) is 14.4. The van der Waals surface area contributed by atoms with Crippen LogP contribution in [-0.4, -0.2) is 22.3 Å². The van der Waals surface area contributed by atoms with Crippen molar-refractivity contribution in [1.82, 2.24) is 15.2 Å². The maximum atomic E-state index is 5.86. The molecule has 22 heavy (non-hydrogen) atoms. The molecule has 0 bridgehead atoms. The van der Waals surface area contributed by atoms with E-state index in [0.29, 0.717) is 17.4 Å². The van der Waals surface area contributed by atoms with Gasteiger partial charge in [0, 0.05) is 16.3 Å². The van der Waals surface area contributed by atoms with Crippen molar-refractivity contribution in [3.05, 3.63) is 59.4 Å². The number of H-pyrrole nitrogens is 1. The Morgan fingerprint density at radius 2 is 2.00 bits per heavy atom. The number of ether oxygens (including phenoxy) is 1. The number of halogens is 1. The zero-order valence-corrected chi connectivity index (χ0v) is 12.8. The minimum Gasteiger partial charge on any atom is -0.497 e. The number of hydrogen-bond acceptors (Lipinski definition) is 4. The third-order valence-corrected chi connectivity index (χ3v) is 3.42. The van der Waals surface area contributed by atoms with E-state index in [9.17, 15) is 0 Å². The molecule has 6 heteroatoms. The number of hydrogen-bond donors (Lipinski definition) is 2. The van der Waals surface area contributed by atoms with Gasteiger partial charge in [-0.15, -0.1) is 0 Å². The van der Waals surface area contributed by atoms with Crippen LogP contribution in [-0.2, 0) is 6.54 Å². The van der Waals surface area contributed by atoms with E-state index in [0.717, 1.165) is 22.8 Å². The minimum absolute atomic E-state index is 0.554. The van der Waals surface area contributed by atoms with E-state index in [1.165, 1.54) is 0 Å². The third kappa shape index (κ3) is 3.38. The Morgan fingerprint density at radius 1 is 1.18 bits per heavy atom. The number of anilines is 1. The van der Waals surface area contributed by atoms with E-state index in [1.54, 1.807) is 7.11 Å². The van der Waals surface area contributed by atoms with Crippen LogP contribution in [0.3, 0.4) is 0 Å². The molecule has 0 aliphatic carbocycles. The number of nitrogens with one attached hydrogen (secondary N) is 2. The van der Waals surface area contributed by atoms with Crippen LogP contribution in [0.1, 0.15) is 5.82 Å². The average Bonchev–Trinajstić information content (AvgIpc) is 3.03. The molecule has 112 valence electrons. The summed E-state index contributed by atoms with van der Waals surface area (Å²) in [6.07, 6.45) is 0. The van der Waals surface area contributed by atoms with Crippen LogP contribution in [0.15, 0.2) is 48.5 Å². The molecular weight excluding hydrogens is 300 g/mol. The van der Waals surface area contributed by atoms with Crippen molar-refractivity contribution in [2.45, 2.75) is 6.54 Å². The van der Waals surface area contributed by atoms with E-state index >= 15 is 0 Å². The molecule has 0 radical (unpaired) electrons. The number of aromatic nitrogens is 3. The lowest BCUT2D eigenvalue weighted by Crippen LogP contribution is -2.00. The first-order valence-corrected chi connectivity index (χ1v) is 7.17. The molecule has 0 atom stereocenters. The van der Waals surface area contributed by atoms with Gasteiger partial charge in [-0.2, -0.15) is 5.10 Å². The molecule has 0 unspecified atom stereocenters. The van der Waals surface area contributed by atoms with E-state index in [-0.39, 0.29) is 0 Å². The number of benzene rings is 2. The molecule has 0 amide bonds. The second kappa shape index (κ2) is 6.49. The Hall–Kier alpha value is -2.53. The highest BCUT2D eigenvalue weighted by molar-refractivity contribution is 6.30. The monoisotopic (exact) mass is 314 g/mol. The summed E-state index contributed by atoms with van der Waals surface area (Å²) in [6.45, 7) is 0.554. The summed E-state index contributed by atoms with van der Waals surface area (Å²) in [5.74, 6) is 2.18. The van der Waals surface area contributed by atoms with Gasteiger partial charge in [-0.1, -0.05) is 23.7 Å². The van der Waals surface area contributed by atoms with Crippen molar-refractivity contribution in [3.8, 4) is 17.1 Å². The number of rotatable bonds is 5. The Bertz CT molecular complexity index is 755. The summed E-state index contributed by atoms with van der Waals surface area (Å²) in [7, 11) is 1.64. The molecule has 0 aliphatic heterocycles. The van der Waals surface area contributed by atoms with E-state index in [4.69, 9.17) is 16.3 Å². The predicted molar refractivity (Wildman–Crippen MR) is 87.1 cm³/mol. The molecule has 0 fully saturated rings. The molecule has 3 rings (SSSR count). The zero-order valence-electron chi connectivity index (χ0n) is 12.0. The fourth-order valence-electron chi connectivity index (χ4n) is 2.02. The Labute approximate surface area is 133 Å². The minimum atomic E-state index is 0.554. The zero-order chi connectivity index (χ0) is 15.4. The van der Waals surface area contributed by atoms with Crippen LogP contribution in [0.4, 0.5) is 5.69 Å². The van der Waals surface area contributed by atoms with Gasteiger partial charge >= 0.3 is 0 Å². The van der Waals surface area contributed by atoms with Gasteiger partial charge in [-0.05, 0) is 36.4 Å². The van der Waals surface area contributed by atoms with Crippen molar-refractivity contribution >= 4 is 17.3 Å². The summed E-state index contributed by atoms with van der Waals surface area (Å²) in [5.41, 5.74) is 1.89. The molecular formula is C16H15ClN4O. The summed E-state index contributed by atoms with van der Waals surface area (Å²) in [5, 5.41) is 11.1. The predicted octanol–water partition coefficient (Wildman–Crippen LogP) is 3.75. The SMILES string of the molecule is COc1cccc(-c2n[nH]c(CNc3ccc(Cl)cc3)n2)c1. The van der Waals surface area contributed by atoms with Crippen LogP contribution in [0.5, 0.6) is 5.75 Å². The normalized spacial score (nSPS) is 10.5. The summed E-state index contributed by atoms with van der Waals surface area (Å²) >= 11 is 5.86. The molecule has 5 nitrogen and oxygen atoms in total. The standard InChI is InChI=1S/C16H15ClN4O/c1-22-14-4-2-3-11(9-14)16-19-15(20-21-16)10-18-13-7-5-12(17)6-8-13/h2-9,18H,10H2,1H3,(H,19,20,21).